The van der Waals surface area contributed by atoms with Crippen LogP contribution in [0.2, 0.25) is 5.02 Å². The molecular formula is C21H21ClN4O3. The third kappa shape index (κ3) is 3.58. The lowest BCUT2D eigenvalue weighted by Gasteiger charge is -2.17. The Morgan fingerprint density at radius 1 is 1.34 bits per heavy atom. The molecule has 7 nitrogen and oxygen atoms in total. The Kier molecular flexibility index (Phi) is 5.00. The molecule has 3 aromatic rings. The summed E-state index contributed by atoms with van der Waals surface area (Å²) < 4.78 is 1.39. The standard InChI is InChI=1S/C21H21ClN4O3/c1-3-26-18-17(20(28)25-21(26)29)14(10-16(24-18)12-8-9-12)19(27)23-11(2)13-6-4-5-7-15(13)22/h4-7,10-12H,3,8-9H2,1-2H3,(H,23,27)(H,25,28,29)/t11-/m0/s1. The summed E-state index contributed by atoms with van der Waals surface area (Å²) in [4.78, 5) is 44.8. The number of aromatic amines is 1. The van der Waals surface area contributed by atoms with Crippen molar-refractivity contribution >= 4 is 28.5 Å². The van der Waals surface area contributed by atoms with Crippen molar-refractivity contribution in [3.8, 4) is 0 Å². The van der Waals surface area contributed by atoms with E-state index in [1.807, 2.05) is 25.1 Å². The number of rotatable bonds is 5. The maximum absolute atomic E-state index is 13.2. The van der Waals surface area contributed by atoms with E-state index < -0.39 is 17.2 Å². The summed E-state index contributed by atoms with van der Waals surface area (Å²) in [5, 5.41) is 3.60. The van der Waals surface area contributed by atoms with Crippen LogP contribution in [-0.2, 0) is 6.54 Å². The van der Waals surface area contributed by atoms with Crippen LogP contribution in [0.1, 0.15) is 60.3 Å². The number of H-pyrrole nitrogens is 1. The summed E-state index contributed by atoms with van der Waals surface area (Å²) in [7, 11) is 0. The fraction of sp³-hybridized carbons (Fsp3) is 0.333. The molecule has 0 spiro atoms. The van der Waals surface area contributed by atoms with Crippen molar-refractivity contribution in [1.29, 1.82) is 0 Å². The third-order valence-corrected chi connectivity index (χ3v) is 5.59. The number of hydrogen-bond acceptors (Lipinski definition) is 4. The van der Waals surface area contributed by atoms with Crippen LogP contribution in [0.3, 0.4) is 0 Å². The van der Waals surface area contributed by atoms with Crippen LogP contribution in [0.25, 0.3) is 11.0 Å². The lowest BCUT2D eigenvalue weighted by molar-refractivity contribution is 0.0941. The van der Waals surface area contributed by atoms with E-state index in [0.717, 1.165) is 24.1 Å². The van der Waals surface area contributed by atoms with Crippen LogP contribution in [0, 0.1) is 0 Å². The van der Waals surface area contributed by atoms with E-state index in [2.05, 4.69) is 15.3 Å². The van der Waals surface area contributed by atoms with Gasteiger partial charge < -0.3 is 5.32 Å². The molecule has 29 heavy (non-hydrogen) atoms. The van der Waals surface area contributed by atoms with Gasteiger partial charge in [-0.1, -0.05) is 29.8 Å². The van der Waals surface area contributed by atoms with Crippen molar-refractivity contribution in [3.05, 3.63) is 73.0 Å². The average Bonchev–Trinajstić information content (AvgIpc) is 3.52. The predicted molar refractivity (Wildman–Crippen MR) is 112 cm³/mol. The van der Waals surface area contributed by atoms with Gasteiger partial charge in [-0.2, -0.15) is 0 Å². The van der Waals surface area contributed by atoms with Crippen molar-refractivity contribution in [3.63, 3.8) is 0 Å². The number of carbonyl (C=O) groups excluding carboxylic acids is 1. The molecule has 1 aromatic carbocycles. The van der Waals surface area contributed by atoms with Crippen LogP contribution >= 0.6 is 11.6 Å². The molecule has 2 aromatic heterocycles. The normalized spacial score (nSPS) is 14.7. The Morgan fingerprint density at radius 2 is 2.07 bits per heavy atom. The van der Waals surface area contributed by atoms with E-state index in [9.17, 15) is 14.4 Å². The van der Waals surface area contributed by atoms with Crippen molar-refractivity contribution in [2.45, 2.75) is 45.2 Å². The van der Waals surface area contributed by atoms with Crippen LogP contribution < -0.4 is 16.6 Å². The van der Waals surface area contributed by atoms with E-state index in [-0.39, 0.29) is 28.6 Å². The minimum absolute atomic E-state index is 0.125. The molecule has 150 valence electrons. The number of hydrogen-bond donors (Lipinski definition) is 2. The maximum Gasteiger partial charge on any atom is 0.329 e. The SMILES string of the molecule is CCn1c(=O)[nH]c(=O)c2c(C(=O)N[C@@H](C)c3ccccc3Cl)cc(C3CC3)nc21. The van der Waals surface area contributed by atoms with Crippen molar-refractivity contribution in [1.82, 2.24) is 19.9 Å². The van der Waals surface area contributed by atoms with Gasteiger partial charge in [-0.3, -0.25) is 19.1 Å². The summed E-state index contributed by atoms with van der Waals surface area (Å²) in [6.07, 6.45) is 1.96. The second-order valence-electron chi connectivity index (χ2n) is 7.29. The monoisotopic (exact) mass is 412 g/mol. The molecule has 2 heterocycles. The van der Waals surface area contributed by atoms with Crippen molar-refractivity contribution in [2.75, 3.05) is 0 Å². The van der Waals surface area contributed by atoms with Gasteiger partial charge in [0.05, 0.1) is 17.0 Å². The minimum Gasteiger partial charge on any atom is -0.345 e. The molecule has 8 heteroatoms. The van der Waals surface area contributed by atoms with Gasteiger partial charge in [0, 0.05) is 23.2 Å². The molecule has 4 rings (SSSR count). The lowest BCUT2D eigenvalue weighted by Crippen LogP contribution is -2.33. The van der Waals surface area contributed by atoms with Gasteiger partial charge in [0.25, 0.3) is 11.5 Å². The number of aryl methyl sites for hydroxylation is 1. The van der Waals surface area contributed by atoms with Crippen LogP contribution in [-0.4, -0.2) is 20.4 Å². The van der Waals surface area contributed by atoms with Gasteiger partial charge in [0.1, 0.15) is 0 Å². The smallest absolute Gasteiger partial charge is 0.329 e. The molecule has 2 N–H and O–H groups in total. The summed E-state index contributed by atoms with van der Waals surface area (Å²) in [5.74, 6) is -0.148. The van der Waals surface area contributed by atoms with Crippen LogP contribution in [0.4, 0.5) is 0 Å². The molecule has 1 amide bonds. The van der Waals surface area contributed by atoms with Gasteiger partial charge in [0.15, 0.2) is 5.65 Å². The van der Waals surface area contributed by atoms with Crippen molar-refractivity contribution < 1.29 is 4.79 Å². The second-order valence-corrected chi connectivity index (χ2v) is 7.69. The number of benzene rings is 1. The maximum atomic E-state index is 13.2. The molecule has 1 fully saturated rings. The zero-order chi connectivity index (χ0) is 20.7. The number of nitrogens with one attached hydrogen (secondary N) is 2. The number of amides is 1. The van der Waals surface area contributed by atoms with Gasteiger partial charge in [-0.25, -0.2) is 9.78 Å². The molecule has 1 saturated carbocycles. The molecule has 0 aliphatic heterocycles. The summed E-state index contributed by atoms with van der Waals surface area (Å²) in [6.45, 7) is 3.96. The topological polar surface area (TPSA) is 96.9 Å². The first-order valence-corrected chi connectivity index (χ1v) is 10.0. The molecule has 1 aliphatic carbocycles. The summed E-state index contributed by atoms with van der Waals surface area (Å²) in [5.41, 5.74) is 0.852. The molecule has 0 radical (unpaired) electrons. The first-order valence-electron chi connectivity index (χ1n) is 9.63. The number of pyridine rings is 1. The third-order valence-electron chi connectivity index (χ3n) is 5.24. The predicted octanol–water partition coefficient (Wildman–Crippen LogP) is 3.13. The van der Waals surface area contributed by atoms with E-state index in [1.165, 1.54) is 4.57 Å². The molecular weight excluding hydrogens is 392 g/mol. The van der Waals surface area contributed by atoms with Gasteiger partial charge in [-0.15, -0.1) is 0 Å². The number of halogens is 1. The minimum atomic E-state index is -0.611. The highest BCUT2D eigenvalue weighted by Gasteiger charge is 2.29. The Hall–Kier alpha value is -2.93. The summed E-state index contributed by atoms with van der Waals surface area (Å²) >= 11 is 6.25. The Bertz CT molecular complexity index is 1230. The van der Waals surface area contributed by atoms with Crippen molar-refractivity contribution in [2.24, 2.45) is 0 Å². The second kappa shape index (κ2) is 7.48. The molecule has 1 aliphatic rings. The highest BCUT2D eigenvalue weighted by molar-refractivity contribution is 6.31. The van der Waals surface area contributed by atoms with Crippen LogP contribution in [0.5, 0.6) is 0 Å². The number of fused-ring (bicyclic) bond motifs is 1. The van der Waals surface area contributed by atoms with E-state index in [4.69, 9.17) is 11.6 Å². The first kappa shape index (κ1) is 19.4. The van der Waals surface area contributed by atoms with E-state index >= 15 is 0 Å². The fourth-order valence-electron chi connectivity index (χ4n) is 3.53. The number of carbonyl (C=O) groups is 1. The highest BCUT2D eigenvalue weighted by Crippen LogP contribution is 2.40. The number of aromatic nitrogens is 3. The van der Waals surface area contributed by atoms with Crippen LogP contribution in [0.15, 0.2) is 39.9 Å². The molecule has 1 atom stereocenters. The Balaban J connectivity index is 1.84. The quantitative estimate of drug-likeness (QED) is 0.672. The average molecular weight is 413 g/mol. The fourth-order valence-corrected chi connectivity index (χ4v) is 3.83. The molecule has 0 unspecified atom stereocenters. The zero-order valence-electron chi connectivity index (χ0n) is 16.2. The van der Waals surface area contributed by atoms with Gasteiger partial charge in [0.2, 0.25) is 0 Å². The largest absolute Gasteiger partial charge is 0.345 e. The molecule has 0 bridgehead atoms. The van der Waals surface area contributed by atoms with E-state index in [0.29, 0.717) is 11.6 Å². The first-order chi connectivity index (χ1) is 13.9. The van der Waals surface area contributed by atoms with Gasteiger partial charge in [-0.05, 0) is 44.4 Å². The Morgan fingerprint density at radius 3 is 2.72 bits per heavy atom. The highest BCUT2D eigenvalue weighted by atomic mass is 35.5. The Labute approximate surface area is 171 Å². The zero-order valence-corrected chi connectivity index (χ0v) is 16.9. The molecule has 0 saturated heterocycles. The van der Waals surface area contributed by atoms with Gasteiger partial charge >= 0.3 is 5.69 Å². The van der Waals surface area contributed by atoms with E-state index in [1.54, 1.807) is 19.1 Å². The summed E-state index contributed by atoms with van der Waals surface area (Å²) in [6, 6.07) is 8.59. The number of nitrogens with zero attached hydrogens (tertiary/aromatic N) is 2. The lowest BCUT2D eigenvalue weighted by atomic mass is 10.1.